The van der Waals surface area contributed by atoms with E-state index in [9.17, 15) is 0 Å². The first kappa shape index (κ1) is 36.7. The normalized spacial score (nSPS) is 12.3. The Morgan fingerprint density at radius 2 is 0.723 bits per heavy atom. The number of para-hydroxylation sites is 3. The maximum atomic E-state index is 5.60. The molecule has 0 fully saturated rings. The van der Waals surface area contributed by atoms with Gasteiger partial charge in [-0.15, -0.1) is 22.7 Å². The third-order valence-electron chi connectivity index (χ3n) is 13.4. The monoisotopic (exact) mass is 881 g/mol. The van der Waals surface area contributed by atoms with E-state index in [1.807, 2.05) is 47.5 Å². The second-order valence-corrected chi connectivity index (χ2v) is 22.3. The number of fused-ring (bicyclic) bond motifs is 12. The van der Waals surface area contributed by atoms with Crippen molar-refractivity contribution in [1.82, 2.24) is 24.1 Å². The van der Waals surface area contributed by atoms with E-state index < -0.39 is 8.07 Å². The number of benzene rings is 7. The summed E-state index contributed by atoms with van der Waals surface area (Å²) in [6.45, 7) is 0. The van der Waals surface area contributed by atoms with Gasteiger partial charge >= 0.3 is 0 Å². The van der Waals surface area contributed by atoms with Gasteiger partial charge in [-0.2, -0.15) is 0 Å². The highest BCUT2D eigenvalue weighted by molar-refractivity contribution is 7.33. The van der Waals surface area contributed by atoms with Crippen LogP contribution in [-0.2, 0) is 0 Å². The minimum absolute atomic E-state index is 1.10. The van der Waals surface area contributed by atoms with Crippen molar-refractivity contribution in [2.45, 2.75) is 0 Å². The van der Waals surface area contributed by atoms with Gasteiger partial charge in [-0.25, -0.2) is 0 Å². The van der Waals surface area contributed by atoms with Gasteiger partial charge < -0.3 is 9.13 Å². The van der Waals surface area contributed by atoms with Crippen molar-refractivity contribution >= 4 is 136 Å². The third-order valence-corrected chi connectivity index (χ3v) is 20.9. The molecule has 0 spiro atoms. The molecule has 0 amide bonds. The average Bonchev–Trinajstić information content (AvgIpc) is 4.14. The molecule has 0 radical (unpaired) electrons. The second-order valence-electron chi connectivity index (χ2n) is 16.7. The van der Waals surface area contributed by atoms with Gasteiger partial charge in [0, 0.05) is 67.9 Å². The summed E-state index contributed by atoms with van der Waals surface area (Å²) in [6, 6.07) is 68.7. The lowest BCUT2D eigenvalue weighted by Gasteiger charge is -2.32. The van der Waals surface area contributed by atoms with Gasteiger partial charge in [0.2, 0.25) is 8.07 Å². The fourth-order valence-electron chi connectivity index (χ4n) is 10.8. The van der Waals surface area contributed by atoms with Gasteiger partial charge in [0.25, 0.3) is 0 Å². The molecule has 0 aliphatic carbocycles. The van der Waals surface area contributed by atoms with Crippen molar-refractivity contribution in [3.8, 4) is 11.4 Å². The van der Waals surface area contributed by atoms with Crippen LogP contribution >= 0.6 is 22.7 Å². The standard InChI is InChI=1S/C57H35N5S2Si/c1-3-15-36(16-4-1)65(37-17-5-2-6-18-37,56-54-43(29-33-59-56)41-22-13-27-50(52(41)63-54)61-46-24-10-7-19-38(46)39-20-8-11-25-47(39)61)57-55-44(30-34-60-57)42-23-14-28-51(53(42)64-55)62-48-26-12-9-21-40(48)45-35-58-32-31-49(45)62/h1-35H. The van der Waals surface area contributed by atoms with Crippen molar-refractivity contribution in [1.29, 1.82) is 0 Å². The van der Waals surface area contributed by atoms with E-state index in [2.05, 4.69) is 202 Å². The SMILES string of the molecule is c1ccc([Si](c2ccccc2)(c2nccc3c2sc2c(-n4c5ccccc5c5ccccc54)cccc23)c2nccc3c2sc2c(-n4c5ccccc5c5cnccc54)cccc23)cc1. The number of pyridine rings is 3. The molecule has 8 heteroatoms. The van der Waals surface area contributed by atoms with Gasteiger partial charge in [0.1, 0.15) is 0 Å². The van der Waals surface area contributed by atoms with Gasteiger partial charge in [0.05, 0.1) is 62.9 Å². The number of hydrogen-bond acceptors (Lipinski definition) is 5. The Morgan fingerprint density at radius 1 is 0.323 bits per heavy atom. The average molecular weight is 882 g/mol. The lowest BCUT2D eigenvalue weighted by molar-refractivity contribution is 1.19. The number of rotatable bonds is 6. The van der Waals surface area contributed by atoms with Crippen molar-refractivity contribution in [2.24, 2.45) is 0 Å². The first-order chi connectivity index (χ1) is 32.3. The molecule has 14 aromatic rings. The van der Waals surface area contributed by atoms with Crippen molar-refractivity contribution < 1.29 is 0 Å². The van der Waals surface area contributed by atoms with Crippen molar-refractivity contribution in [3.63, 3.8) is 0 Å². The predicted octanol–water partition coefficient (Wildman–Crippen LogP) is 12.2. The molecule has 0 saturated carbocycles. The van der Waals surface area contributed by atoms with E-state index in [-0.39, 0.29) is 0 Å². The highest BCUT2D eigenvalue weighted by Gasteiger charge is 2.47. The van der Waals surface area contributed by atoms with Gasteiger partial charge in [-0.3, -0.25) is 15.0 Å². The largest absolute Gasteiger partial charge is 0.308 e. The maximum Gasteiger partial charge on any atom is 0.227 e. The summed E-state index contributed by atoms with van der Waals surface area (Å²) in [5.74, 6) is 0. The minimum atomic E-state index is -3.32. The van der Waals surface area contributed by atoms with Crippen LogP contribution in [0.5, 0.6) is 0 Å². The molecule has 7 aromatic carbocycles. The minimum Gasteiger partial charge on any atom is -0.308 e. The quantitative estimate of drug-likeness (QED) is 0.156. The summed E-state index contributed by atoms with van der Waals surface area (Å²) < 4.78 is 9.75. The first-order valence-electron chi connectivity index (χ1n) is 21.8. The highest BCUT2D eigenvalue weighted by atomic mass is 32.1. The zero-order valence-electron chi connectivity index (χ0n) is 34.8. The lowest BCUT2D eigenvalue weighted by atomic mass is 10.1. The van der Waals surface area contributed by atoms with Crippen molar-refractivity contribution in [2.75, 3.05) is 0 Å². The van der Waals surface area contributed by atoms with Crippen molar-refractivity contribution in [3.05, 3.63) is 213 Å². The summed E-state index contributed by atoms with van der Waals surface area (Å²) in [7, 11) is -3.32. The van der Waals surface area contributed by atoms with E-state index in [1.165, 1.54) is 83.6 Å². The molecule has 14 rings (SSSR count). The van der Waals surface area contributed by atoms with Crippen LogP contribution in [-0.4, -0.2) is 32.2 Å². The summed E-state index contributed by atoms with van der Waals surface area (Å²) >= 11 is 3.74. The van der Waals surface area contributed by atoms with E-state index in [1.54, 1.807) is 0 Å². The molecule has 0 aliphatic rings. The summed E-state index contributed by atoms with van der Waals surface area (Å²) in [5, 5.41) is 14.4. The van der Waals surface area contributed by atoms with Crippen LogP contribution in [0.2, 0.25) is 0 Å². The first-order valence-corrected chi connectivity index (χ1v) is 25.5. The molecule has 0 bridgehead atoms. The zero-order chi connectivity index (χ0) is 42.6. The molecule has 0 N–H and O–H groups in total. The molecular formula is C57H35N5S2Si. The summed E-state index contributed by atoms with van der Waals surface area (Å²) in [6.07, 6.45) is 7.99. The number of aromatic nitrogens is 5. The summed E-state index contributed by atoms with van der Waals surface area (Å²) in [4.78, 5) is 15.8. The number of hydrogen-bond donors (Lipinski definition) is 0. The van der Waals surface area contributed by atoms with Gasteiger partial charge in [0.15, 0.2) is 0 Å². The van der Waals surface area contributed by atoms with E-state index in [0.29, 0.717) is 0 Å². The maximum absolute atomic E-state index is 5.60. The Balaban J connectivity index is 1.10. The highest BCUT2D eigenvalue weighted by Crippen LogP contribution is 2.43. The van der Waals surface area contributed by atoms with E-state index >= 15 is 0 Å². The Kier molecular flexibility index (Phi) is 7.98. The zero-order valence-corrected chi connectivity index (χ0v) is 37.4. The Labute approximate surface area is 381 Å². The fraction of sp³-hybridized carbons (Fsp3) is 0. The van der Waals surface area contributed by atoms with Crippen LogP contribution in [0.1, 0.15) is 0 Å². The lowest BCUT2D eigenvalue weighted by Crippen LogP contribution is -2.76. The molecule has 0 aliphatic heterocycles. The number of nitrogens with zero attached hydrogens (tertiary/aromatic N) is 5. The third kappa shape index (κ3) is 5.09. The van der Waals surface area contributed by atoms with Crippen LogP contribution in [0.3, 0.4) is 0 Å². The van der Waals surface area contributed by atoms with Crippen LogP contribution in [0, 0.1) is 0 Å². The molecule has 7 heterocycles. The van der Waals surface area contributed by atoms with Crippen LogP contribution in [0.25, 0.3) is 95.3 Å². The molecule has 0 saturated heterocycles. The molecule has 65 heavy (non-hydrogen) atoms. The summed E-state index contributed by atoms with van der Waals surface area (Å²) in [5.41, 5.74) is 7.04. The Morgan fingerprint density at radius 3 is 1.22 bits per heavy atom. The molecule has 7 aromatic heterocycles. The molecule has 0 unspecified atom stereocenters. The Bertz CT molecular complexity index is 3830. The van der Waals surface area contributed by atoms with Crippen LogP contribution in [0.4, 0.5) is 0 Å². The van der Waals surface area contributed by atoms with Gasteiger partial charge in [-0.05, 0) is 58.9 Å². The Hall–Kier alpha value is -7.75. The smallest absolute Gasteiger partial charge is 0.227 e. The predicted molar refractivity (Wildman–Crippen MR) is 278 cm³/mol. The number of thiophene rings is 2. The topological polar surface area (TPSA) is 48.5 Å². The molecular weight excluding hydrogens is 847 g/mol. The molecule has 304 valence electrons. The molecule has 0 atom stereocenters. The van der Waals surface area contributed by atoms with Gasteiger partial charge in [-0.1, -0.05) is 140 Å². The van der Waals surface area contributed by atoms with Crippen LogP contribution < -0.4 is 21.0 Å². The van der Waals surface area contributed by atoms with E-state index in [0.717, 1.165) is 32.7 Å². The molecule has 5 nitrogen and oxygen atoms in total. The fourth-order valence-corrected chi connectivity index (χ4v) is 18.9. The van der Waals surface area contributed by atoms with E-state index in [4.69, 9.17) is 9.97 Å². The van der Waals surface area contributed by atoms with Crippen LogP contribution in [0.15, 0.2) is 213 Å². The second kappa shape index (κ2) is 14.1.